The van der Waals surface area contributed by atoms with E-state index in [9.17, 15) is 20.0 Å². The van der Waals surface area contributed by atoms with Crippen LogP contribution in [-0.2, 0) is 0 Å². The Kier molecular flexibility index (Phi) is 4.49. The fourth-order valence-corrected chi connectivity index (χ4v) is 2.10. The van der Waals surface area contributed by atoms with Gasteiger partial charge in [-0.25, -0.2) is 0 Å². The second-order valence-corrected chi connectivity index (χ2v) is 5.13. The Bertz CT molecular complexity index is 740. The molecule has 0 heterocycles. The highest BCUT2D eigenvalue weighted by atomic mass is 79.9. The minimum Gasteiger partial charge on any atom is -0.502 e. The molecule has 2 aromatic rings. The molecule has 0 saturated carbocycles. The van der Waals surface area contributed by atoms with Crippen LogP contribution in [-0.4, -0.2) is 15.8 Å². The molecule has 21 heavy (non-hydrogen) atoms. The fraction of sp³-hybridized carbons (Fsp3) is 0. The van der Waals surface area contributed by atoms with E-state index in [2.05, 4.69) is 15.9 Å². The number of phenolic OH excluding ortho intramolecular Hbond substituents is 1. The maximum absolute atomic E-state index is 12.0. The molecule has 0 spiro atoms. The quantitative estimate of drug-likeness (QED) is 0.393. The number of halogens is 1. The number of aromatic hydroxyl groups is 1. The number of rotatable bonds is 4. The number of benzene rings is 2. The highest BCUT2D eigenvalue weighted by molar-refractivity contribution is 9.10. The molecule has 0 saturated heterocycles. The van der Waals surface area contributed by atoms with Gasteiger partial charge in [0.2, 0.25) is 0 Å². The molecule has 0 aliphatic heterocycles. The molecule has 0 fully saturated rings. The molecule has 5 nitrogen and oxygen atoms in total. The lowest BCUT2D eigenvalue weighted by molar-refractivity contribution is -0.385. The summed E-state index contributed by atoms with van der Waals surface area (Å²) < 4.78 is 0.794. The first kappa shape index (κ1) is 14.9. The average Bonchev–Trinajstić information content (AvgIpc) is 2.45. The van der Waals surface area contributed by atoms with Crippen LogP contribution in [0.5, 0.6) is 5.75 Å². The van der Waals surface area contributed by atoms with E-state index in [4.69, 9.17) is 0 Å². The van der Waals surface area contributed by atoms with Crippen LogP contribution in [0, 0.1) is 10.1 Å². The molecule has 6 heteroatoms. The van der Waals surface area contributed by atoms with Crippen molar-refractivity contribution in [3.63, 3.8) is 0 Å². The van der Waals surface area contributed by atoms with Gasteiger partial charge in [0.1, 0.15) is 0 Å². The van der Waals surface area contributed by atoms with Crippen LogP contribution in [0.1, 0.15) is 15.9 Å². The lowest BCUT2D eigenvalue weighted by Gasteiger charge is -1.98. The van der Waals surface area contributed by atoms with Crippen molar-refractivity contribution in [2.75, 3.05) is 0 Å². The van der Waals surface area contributed by atoms with Gasteiger partial charge in [-0.15, -0.1) is 0 Å². The van der Waals surface area contributed by atoms with Gasteiger partial charge in [0.25, 0.3) is 0 Å². The number of hydrogen-bond acceptors (Lipinski definition) is 4. The Morgan fingerprint density at radius 1 is 1.24 bits per heavy atom. The number of hydrogen-bond donors (Lipinski definition) is 1. The van der Waals surface area contributed by atoms with Crippen molar-refractivity contribution >= 4 is 33.5 Å². The summed E-state index contributed by atoms with van der Waals surface area (Å²) in [5.41, 5.74) is 0.573. The smallest absolute Gasteiger partial charge is 0.311 e. The molecule has 0 atom stereocenters. The number of carbonyl (C=O) groups excluding carboxylic acids is 1. The molecule has 0 amide bonds. The predicted molar refractivity (Wildman–Crippen MR) is 82.3 cm³/mol. The maximum Gasteiger partial charge on any atom is 0.311 e. The second-order valence-electron chi connectivity index (χ2n) is 4.21. The molecule has 106 valence electrons. The zero-order chi connectivity index (χ0) is 15.4. The number of phenols is 1. The summed E-state index contributed by atoms with van der Waals surface area (Å²) in [6, 6.07) is 10.8. The van der Waals surface area contributed by atoms with Gasteiger partial charge in [0.15, 0.2) is 11.5 Å². The zero-order valence-electron chi connectivity index (χ0n) is 10.7. The maximum atomic E-state index is 12.0. The summed E-state index contributed by atoms with van der Waals surface area (Å²) >= 11 is 3.28. The first-order chi connectivity index (χ1) is 9.97. The fourth-order valence-electron chi connectivity index (χ4n) is 1.70. The molecule has 0 aliphatic carbocycles. The standard InChI is InChI=1S/C15H10BrNO4/c16-12-3-1-2-11(9-12)14(18)6-4-10-5-7-15(19)13(8-10)17(20)21/h1-9,19H/b6-4+. The normalized spacial score (nSPS) is 10.7. The lowest BCUT2D eigenvalue weighted by Crippen LogP contribution is -1.93. The SMILES string of the molecule is O=C(/C=C/c1ccc(O)c([N+](=O)[O-])c1)c1cccc(Br)c1. The molecule has 2 aromatic carbocycles. The van der Waals surface area contributed by atoms with Crippen LogP contribution in [0.4, 0.5) is 5.69 Å². The van der Waals surface area contributed by atoms with Crippen LogP contribution < -0.4 is 0 Å². The number of carbonyl (C=O) groups is 1. The molecule has 0 aromatic heterocycles. The van der Waals surface area contributed by atoms with Crippen molar-refractivity contribution in [3.05, 3.63) is 74.3 Å². The van der Waals surface area contributed by atoms with Crippen molar-refractivity contribution in [1.29, 1.82) is 0 Å². The van der Waals surface area contributed by atoms with Crippen molar-refractivity contribution < 1.29 is 14.8 Å². The molecule has 1 N–H and O–H groups in total. The Morgan fingerprint density at radius 2 is 2.00 bits per heavy atom. The van der Waals surface area contributed by atoms with Crippen LogP contribution in [0.2, 0.25) is 0 Å². The topological polar surface area (TPSA) is 80.4 Å². The van der Waals surface area contributed by atoms with Crippen molar-refractivity contribution in [2.24, 2.45) is 0 Å². The summed E-state index contributed by atoms with van der Waals surface area (Å²) in [6.45, 7) is 0. The summed E-state index contributed by atoms with van der Waals surface area (Å²) in [5, 5.41) is 20.1. The van der Waals surface area contributed by atoms with Crippen LogP contribution in [0.15, 0.2) is 53.0 Å². The Labute approximate surface area is 128 Å². The van der Waals surface area contributed by atoms with Crippen LogP contribution in [0.3, 0.4) is 0 Å². The van der Waals surface area contributed by atoms with E-state index in [1.54, 1.807) is 18.2 Å². The van der Waals surface area contributed by atoms with Gasteiger partial charge in [-0.1, -0.05) is 40.2 Å². The Morgan fingerprint density at radius 3 is 2.67 bits per heavy atom. The van der Waals surface area contributed by atoms with Gasteiger partial charge in [-0.2, -0.15) is 0 Å². The van der Waals surface area contributed by atoms with Gasteiger partial charge < -0.3 is 5.11 Å². The molecule has 0 unspecified atom stereocenters. The van der Waals surface area contributed by atoms with Crippen molar-refractivity contribution in [3.8, 4) is 5.75 Å². The number of ketones is 1. The van der Waals surface area contributed by atoms with Gasteiger partial charge >= 0.3 is 5.69 Å². The van der Waals surface area contributed by atoms with Crippen LogP contribution >= 0.6 is 15.9 Å². The average molecular weight is 348 g/mol. The van der Waals surface area contributed by atoms with Gasteiger partial charge in [-0.05, 0) is 29.8 Å². The van der Waals surface area contributed by atoms with Crippen molar-refractivity contribution in [1.82, 2.24) is 0 Å². The minimum absolute atomic E-state index is 0.216. The Hall–Kier alpha value is -2.47. The molecule has 0 aliphatic rings. The van der Waals surface area contributed by atoms with E-state index in [1.165, 1.54) is 30.4 Å². The highest BCUT2D eigenvalue weighted by Gasteiger charge is 2.12. The molecular formula is C15H10BrNO4. The minimum atomic E-state index is -0.678. The highest BCUT2D eigenvalue weighted by Crippen LogP contribution is 2.26. The van der Waals surface area contributed by atoms with E-state index in [0.717, 1.165) is 4.47 Å². The molecular weight excluding hydrogens is 338 g/mol. The van der Waals surface area contributed by atoms with E-state index in [0.29, 0.717) is 11.1 Å². The number of allylic oxidation sites excluding steroid dienone is 1. The zero-order valence-corrected chi connectivity index (χ0v) is 12.3. The molecule has 0 bridgehead atoms. The van der Waals surface area contributed by atoms with E-state index in [-0.39, 0.29) is 5.78 Å². The lowest BCUT2D eigenvalue weighted by atomic mass is 10.1. The number of nitro benzene ring substituents is 1. The third-order valence-electron chi connectivity index (χ3n) is 2.73. The third kappa shape index (κ3) is 3.76. The molecule has 0 radical (unpaired) electrons. The summed E-state index contributed by atoms with van der Waals surface area (Å²) in [5.74, 6) is -0.623. The van der Waals surface area contributed by atoms with E-state index >= 15 is 0 Å². The summed E-state index contributed by atoms with van der Waals surface area (Å²) in [6.07, 6.45) is 2.80. The summed E-state index contributed by atoms with van der Waals surface area (Å²) in [4.78, 5) is 22.0. The van der Waals surface area contributed by atoms with E-state index in [1.807, 2.05) is 6.07 Å². The van der Waals surface area contributed by atoms with Gasteiger partial charge in [0.05, 0.1) is 4.92 Å². The first-order valence-corrected chi connectivity index (χ1v) is 6.72. The monoisotopic (exact) mass is 347 g/mol. The number of nitro groups is 1. The van der Waals surface area contributed by atoms with E-state index < -0.39 is 16.4 Å². The predicted octanol–water partition coefficient (Wildman–Crippen LogP) is 3.96. The van der Waals surface area contributed by atoms with Gasteiger partial charge in [-0.3, -0.25) is 14.9 Å². The van der Waals surface area contributed by atoms with Crippen LogP contribution in [0.25, 0.3) is 6.08 Å². The largest absolute Gasteiger partial charge is 0.502 e. The molecule has 2 rings (SSSR count). The van der Waals surface area contributed by atoms with Crippen molar-refractivity contribution in [2.45, 2.75) is 0 Å². The number of nitrogens with zero attached hydrogens (tertiary/aromatic N) is 1. The van der Waals surface area contributed by atoms with Gasteiger partial charge in [0, 0.05) is 16.1 Å². The second kappa shape index (κ2) is 6.32. The third-order valence-corrected chi connectivity index (χ3v) is 3.23. The Balaban J connectivity index is 2.23. The first-order valence-electron chi connectivity index (χ1n) is 5.93. The summed E-state index contributed by atoms with van der Waals surface area (Å²) in [7, 11) is 0.